The molecule has 0 aromatic heterocycles. The maximum absolute atomic E-state index is 12.3. The van der Waals surface area contributed by atoms with E-state index in [1.807, 2.05) is 0 Å². The number of carbonyl (C=O) groups is 1. The van der Waals surface area contributed by atoms with Crippen molar-refractivity contribution < 1.29 is 9.53 Å². The number of benzene rings is 1. The van der Waals surface area contributed by atoms with Crippen molar-refractivity contribution in [3.05, 3.63) is 35.4 Å². The van der Waals surface area contributed by atoms with Gasteiger partial charge in [0.15, 0.2) is 0 Å². The molecule has 0 saturated heterocycles. The van der Waals surface area contributed by atoms with E-state index >= 15 is 0 Å². The minimum absolute atomic E-state index is 0.0591. The Kier molecular flexibility index (Phi) is 7.95. The Bertz CT molecular complexity index is 644. The molecule has 0 aliphatic heterocycles. The Morgan fingerprint density at radius 1 is 0.893 bits per heavy atom. The van der Waals surface area contributed by atoms with Gasteiger partial charge in [0.2, 0.25) is 0 Å². The summed E-state index contributed by atoms with van der Waals surface area (Å²) in [5, 5.41) is 8.85. The molecule has 0 heterocycles. The third-order valence-corrected chi connectivity index (χ3v) is 6.96. The van der Waals surface area contributed by atoms with Crippen molar-refractivity contribution in [1.82, 2.24) is 0 Å². The first-order chi connectivity index (χ1) is 13.7. The van der Waals surface area contributed by atoms with Gasteiger partial charge in [-0.25, -0.2) is 4.79 Å². The molecule has 3 nitrogen and oxygen atoms in total. The summed E-state index contributed by atoms with van der Waals surface area (Å²) in [4.78, 5) is 12.3. The van der Waals surface area contributed by atoms with Gasteiger partial charge in [-0.05, 0) is 67.7 Å². The summed E-state index contributed by atoms with van der Waals surface area (Å²) in [5.74, 6) is 2.53. The first-order valence-electron chi connectivity index (χ1n) is 11.4. The Labute approximate surface area is 170 Å². The van der Waals surface area contributed by atoms with E-state index in [4.69, 9.17) is 10.00 Å². The van der Waals surface area contributed by atoms with Gasteiger partial charge in [0.25, 0.3) is 0 Å². The van der Waals surface area contributed by atoms with Crippen LogP contribution in [0, 0.1) is 29.1 Å². The number of carbonyl (C=O) groups excluding carboxylic acids is 1. The molecule has 1 aromatic rings. The highest BCUT2D eigenvalue weighted by Gasteiger charge is 2.26. The van der Waals surface area contributed by atoms with Gasteiger partial charge in [-0.3, -0.25) is 0 Å². The number of rotatable bonds is 7. The molecule has 0 bridgehead atoms. The molecule has 0 unspecified atom stereocenters. The molecule has 2 aliphatic rings. The maximum Gasteiger partial charge on any atom is 0.338 e. The molecular formula is C25H35NO2. The molecule has 0 N–H and O–H groups in total. The summed E-state index contributed by atoms with van der Waals surface area (Å²) in [6.07, 6.45) is 15.8. The normalized spacial score (nSPS) is 27.7. The monoisotopic (exact) mass is 381 g/mol. The molecule has 0 atom stereocenters. The molecule has 3 heteroatoms. The number of nitrogens with zero attached hydrogens (tertiary/aromatic N) is 1. The lowest BCUT2D eigenvalue weighted by molar-refractivity contribution is 0.0158. The fourth-order valence-corrected chi connectivity index (χ4v) is 5.13. The zero-order chi connectivity index (χ0) is 19.8. The van der Waals surface area contributed by atoms with Crippen LogP contribution in [-0.2, 0) is 4.74 Å². The van der Waals surface area contributed by atoms with Crippen LogP contribution in [0.2, 0.25) is 0 Å². The van der Waals surface area contributed by atoms with Gasteiger partial charge in [-0.1, -0.05) is 58.3 Å². The molecule has 1 aromatic carbocycles. The quantitative estimate of drug-likeness (QED) is 0.496. The van der Waals surface area contributed by atoms with Crippen LogP contribution in [0.1, 0.15) is 99.9 Å². The molecular weight excluding hydrogens is 346 g/mol. The van der Waals surface area contributed by atoms with Crippen LogP contribution in [0.3, 0.4) is 0 Å². The summed E-state index contributed by atoms with van der Waals surface area (Å²) >= 11 is 0. The number of ether oxygens (including phenoxy) is 1. The minimum Gasteiger partial charge on any atom is -0.459 e. The highest BCUT2D eigenvalue weighted by molar-refractivity contribution is 5.89. The standard InChI is InChI=1S/C25H35NO2/c1-2-3-19-4-6-20(7-5-19)8-9-21-12-16-24(17-13-21)28-25(27)23-14-10-22(18-26)11-15-23/h10-11,14-15,19-21,24H,2-9,12-13,16-17H2,1H3. The number of hydrogen-bond donors (Lipinski definition) is 0. The van der Waals surface area contributed by atoms with Crippen LogP contribution in [0.5, 0.6) is 0 Å². The second kappa shape index (κ2) is 10.6. The second-order valence-corrected chi connectivity index (χ2v) is 8.99. The van der Waals surface area contributed by atoms with E-state index in [0.717, 1.165) is 30.6 Å². The maximum atomic E-state index is 12.3. The van der Waals surface area contributed by atoms with E-state index in [2.05, 4.69) is 13.0 Å². The third kappa shape index (κ3) is 6.09. The van der Waals surface area contributed by atoms with Gasteiger partial charge in [0.05, 0.1) is 17.2 Å². The molecule has 2 fully saturated rings. The predicted octanol–water partition coefficient (Wildman–Crippen LogP) is 6.66. The van der Waals surface area contributed by atoms with E-state index in [-0.39, 0.29) is 12.1 Å². The lowest BCUT2D eigenvalue weighted by Gasteiger charge is -2.31. The predicted molar refractivity (Wildman–Crippen MR) is 112 cm³/mol. The van der Waals surface area contributed by atoms with Crippen LogP contribution in [0.25, 0.3) is 0 Å². The lowest BCUT2D eigenvalue weighted by Crippen LogP contribution is -2.25. The highest BCUT2D eigenvalue weighted by atomic mass is 16.5. The van der Waals surface area contributed by atoms with Crippen molar-refractivity contribution in [2.45, 2.75) is 90.1 Å². The number of hydrogen-bond acceptors (Lipinski definition) is 3. The number of esters is 1. The van der Waals surface area contributed by atoms with Crippen molar-refractivity contribution in [3.8, 4) is 6.07 Å². The van der Waals surface area contributed by atoms with E-state index in [1.54, 1.807) is 24.3 Å². The van der Waals surface area contributed by atoms with Crippen molar-refractivity contribution in [1.29, 1.82) is 5.26 Å². The van der Waals surface area contributed by atoms with Crippen molar-refractivity contribution in [3.63, 3.8) is 0 Å². The van der Waals surface area contributed by atoms with E-state index in [0.29, 0.717) is 11.1 Å². The van der Waals surface area contributed by atoms with Crippen molar-refractivity contribution >= 4 is 5.97 Å². The Morgan fingerprint density at radius 2 is 1.39 bits per heavy atom. The Hall–Kier alpha value is -1.82. The highest BCUT2D eigenvalue weighted by Crippen LogP contribution is 2.37. The summed E-state index contributed by atoms with van der Waals surface area (Å²) < 4.78 is 5.71. The average Bonchev–Trinajstić information content (AvgIpc) is 2.74. The van der Waals surface area contributed by atoms with Gasteiger partial charge < -0.3 is 4.74 Å². The Balaban J connectivity index is 1.33. The molecule has 0 radical (unpaired) electrons. The van der Waals surface area contributed by atoms with Crippen LogP contribution in [-0.4, -0.2) is 12.1 Å². The van der Waals surface area contributed by atoms with Crippen LogP contribution < -0.4 is 0 Å². The lowest BCUT2D eigenvalue weighted by atomic mass is 9.76. The number of nitriles is 1. The zero-order valence-corrected chi connectivity index (χ0v) is 17.4. The molecule has 3 rings (SSSR count). The zero-order valence-electron chi connectivity index (χ0n) is 17.4. The van der Waals surface area contributed by atoms with E-state index in [1.165, 1.54) is 64.2 Å². The van der Waals surface area contributed by atoms with E-state index < -0.39 is 0 Å². The summed E-state index contributed by atoms with van der Waals surface area (Å²) in [7, 11) is 0. The summed E-state index contributed by atoms with van der Waals surface area (Å²) in [5.41, 5.74) is 1.11. The summed E-state index contributed by atoms with van der Waals surface area (Å²) in [6, 6.07) is 8.77. The van der Waals surface area contributed by atoms with Gasteiger partial charge in [-0.15, -0.1) is 0 Å². The molecule has 2 aliphatic carbocycles. The topological polar surface area (TPSA) is 50.1 Å². The van der Waals surface area contributed by atoms with Crippen LogP contribution in [0.4, 0.5) is 0 Å². The third-order valence-electron chi connectivity index (χ3n) is 6.96. The van der Waals surface area contributed by atoms with Crippen LogP contribution in [0.15, 0.2) is 24.3 Å². The van der Waals surface area contributed by atoms with Crippen LogP contribution >= 0.6 is 0 Å². The van der Waals surface area contributed by atoms with Crippen molar-refractivity contribution in [2.24, 2.45) is 17.8 Å². The molecule has 28 heavy (non-hydrogen) atoms. The smallest absolute Gasteiger partial charge is 0.338 e. The fourth-order valence-electron chi connectivity index (χ4n) is 5.13. The van der Waals surface area contributed by atoms with Gasteiger partial charge in [-0.2, -0.15) is 5.26 Å². The first kappa shape index (κ1) is 20.9. The fraction of sp³-hybridized carbons (Fsp3) is 0.680. The first-order valence-corrected chi connectivity index (χ1v) is 11.4. The molecule has 2 saturated carbocycles. The summed E-state index contributed by atoms with van der Waals surface area (Å²) in [6.45, 7) is 2.31. The minimum atomic E-state index is -0.253. The average molecular weight is 382 g/mol. The molecule has 0 spiro atoms. The molecule has 0 amide bonds. The Morgan fingerprint density at radius 3 is 1.89 bits per heavy atom. The van der Waals surface area contributed by atoms with E-state index in [9.17, 15) is 4.79 Å². The van der Waals surface area contributed by atoms with Gasteiger partial charge >= 0.3 is 5.97 Å². The largest absolute Gasteiger partial charge is 0.459 e. The van der Waals surface area contributed by atoms with Gasteiger partial charge in [0, 0.05) is 0 Å². The van der Waals surface area contributed by atoms with Crippen molar-refractivity contribution in [2.75, 3.05) is 0 Å². The van der Waals surface area contributed by atoms with Gasteiger partial charge in [0.1, 0.15) is 6.10 Å². The second-order valence-electron chi connectivity index (χ2n) is 8.99. The SMILES string of the molecule is CCCC1CCC(CCC2CCC(OC(=O)c3ccc(C#N)cc3)CC2)CC1. The molecule has 152 valence electrons.